The van der Waals surface area contributed by atoms with E-state index >= 15 is 0 Å². The lowest BCUT2D eigenvalue weighted by Crippen LogP contribution is -2.49. The van der Waals surface area contributed by atoms with Crippen LogP contribution >= 0.6 is 0 Å². The molecule has 4 N–H and O–H groups in total. The van der Waals surface area contributed by atoms with Gasteiger partial charge in [0.2, 0.25) is 5.91 Å². The molecule has 0 spiro atoms. The number of carboxylic acid groups (broad SMARTS) is 1. The standard InChI is InChI=1S/C19H20N2O6/c22-15-8-6-13(7-9-15)10-16(18(25)20-11-17(23)24)21-19(26)27-12-14-4-2-1-3-5-14/h1-9,16,22H,10-12H2,(H,20,25)(H,21,26)(H,23,24)/t16-/m0/s1. The van der Waals surface area contributed by atoms with Crippen LogP contribution in [0.1, 0.15) is 11.1 Å². The first-order chi connectivity index (χ1) is 12.9. The molecule has 0 bridgehead atoms. The van der Waals surface area contributed by atoms with Crippen LogP contribution < -0.4 is 10.6 Å². The van der Waals surface area contributed by atoms with Gasteiger partial charge in [-0.05, 0) is 23.3 Å². The summed E-state index contributed by atoms with van der Waals surface area (Å²) in [5.41, 5.74) is 1.46. The van der Waals surface area contributed by atoms with E-state index in [9.17, 15) is 19.5 Å². The molecule has 0 saturated carbocycles. The maximum atomic E-state index is 12.2. The van der Waals surface area contributed by atoms with Crippen molar-refractivity contribution in [3.63, 3.8) is 0 Å². The molecule has 2 aromatic carbocycles. The van der Waals surface area contributed by atoms with Gasteiger partial charge < -0.3 is 25.6 Å². The van der Waals surface area contributed by atoms with Crippen molar-refractivity contribution in [2.45, 2.75) is 19.1 Å². The highest BCUT2D eigenvalue weighted by atomic mass is 16.5. The largest absolute Gasteiger partial charge is 0.508 e. The molecule has 27 heavy (non-hydrogen) atoms. The molecule has 8 heteroatoms. The van der Waals surface area contributed by atoms with Crippen LogP contribution in [0.3, 0.4) is 0 Å². The van der Waals surface area contributed by atoms with Gasteiger partial charge in [0, 0.05) is 6.42 Å². The number of aliphatic carboxylic acids is 1. The Morgan fingerprint density at radius 3 is 2.26 bits per heavy atom. The van der Waals surface area contributed by atoms with Crippen LogP contribution in [0, 0.1) is 0 Å². The second-order valence-corrected chi connectivity index (χ2v) is 5.74. The quantitative estimate of drug-likeness (QED) is 0.556. The summed E-state index contributed by atoms with van der Waals surface area (Å²) in [5.74, 6) is -1.78. The number of hydrogen-bond acceptors (Lipinski definition) is 5. The lowest BCUT2D eigenvalue weighted by Gasteiger charge is -2.18. The van der Waals surface area contributed by atoms with Crippen molar-refractivity contribution >= 4 is 18.0 Å². The van der Waals surface area contributed by atoms with Crippen LogP contribution in [0.25, 0.3) is 0 Å². The molecule has 0 aliphatic heterocycles. The van der Waals surface area contributed by atoms with E-state index in [1.807, 2.05) is 18.2 Å². The number of carbonyl (C=O) groups is 3. The van der Waals surface area contributed by atoms with Gasteiger partial charge in [0.15, 0.2) is 0 Å². The number of nitrogens with one attached hydrogen (secondary N) is 2. The van der Waals surface area contributed by atoms with Crippen LogP contribution in [0.15, 0.2) is 54.6 Å². The Morgan fingerprint density at radius 1 is 0.963 bits per heavy atom. The van der Waals surface area contributed by atoms with Gasteiger partial charge in [-0.15, -0.1) is 0 Å². The highest BCUT2D eigenvalue weighted by Crippen LogP contribution is 2.11. The van der Waals surface area contributed by atoms with Gasteiger partial charge in [-0.25, -0.2) is 4.79 Å². The SMILES string of the molecule is O=C(O)CNC(=O)[C@H](Cc1ccc(O)cc1)NC(=O)OCc1ccccc1. The van der Waals surface area contributed by atoms with E-state index in [0.717, 1.165) is 5.56 Å². The third-order valence-electron chi connectivity index (χ3n) is 3.61. The second-order valence-electron chi connectivity index (χ2n) is 5.74. The zero-order valence-electron chi connectivity index (χ0n) is 14.4. The van der Waals surface area contributed by atoms with Crippen LogP contribution in [0.5, 0.6) is 5.75 Å². The highest BCUT2D eigenvalue weighted by Gasteiger charge is 2.22. The van der Waals surface area contributed by atoms with E-state index in [0.29, 0.717) is 5.56 Å². The maximum Gasteiger partial charge on any atom is 0.408 e. The molecule has 2 amide bonds. The summed E-state index contributed by atoms with van der Waals surface area (Å²) in [7, 11) is 0. The minimum Gasteiger partial charge on any atom is -0.508 e. The van der Waals surface area contributed by atoms with E-state index in [1.165, 1.54) is 12.1 Å². The second kappa shape index (κ2) is 9.81. The molecule has 0 aromatic heterocycles. The third kappa shape index (κ3) is 7.07. The van der Waals surface area contributed by atoms with Gasteiger partial charge in [0.05, 0.1) is 0 Å². The Balaban J connectivity index is 1.99. The lowest BCUT2D eigenvalue weighted by atomic mass is 10.1. The first-order valence-electron chi connectivity index (χ1n) is 8.18. The van der Waals surface area contributed by atoms with Gasteiger partial charge in [0.25, 0.3) is 0 Å². The van der Waals surface area contributed by atoms with Crippen molar-refractivity contribution in [3.8, 4) is 5.75 Å². The van der Waals surface area contributed by atoms with Crippen LogP contribution in [-0.2, 0) is 27.4 Å². The van der Waals surface area contributed by atoms with Crippen molar-refractivity contribution in [1.82, 2.24) is 10.6 Å². The molecular formula is C19H20N2O6. The van der Waals surface area contributed by atoms with Crippen LogP contribution in [0.2, 0.25) is 0 Å². The first-order valence-corrected chi connectivity index (χ1v) is 8.18. The smallest absolute Gasteiger partial charge is 0.408 e. The molecule has 0 aliphatic carbocycles. The Labute approximate surface area is 155 Å². The topological polar surface area (TPSA) is 125 Å². The molecule has 0 aliphatic rings. The summed E-state index contributed by atoms with van der Waals surface area (Å²) in [5, 5.41) is 22.7. The molecule has 0 heterocycles. The van der Waals surface area contributed by atoms with E-state index in [1.54, 1.807) is 24.3 Å². The number of phenolic OH excluding ortho intramolecular Hbond substituents is 1. The predicted molar refractivity (Wildman–Crippen MR) is 96.0 cm³/mol. The number of aromatic hydroxyl groups is 1. The monoisotopic (exact) mass is 372 g/mol. The van der Waals surface area contributed by atoms with Gasteiger partial charge in [-0.2, -0.15) is 0 Å². The number of phenols is 1. The average molecular weight is 372 g/mol. The summed E-state index contributed by atoms with van der Waals surface area (Å²) in [6.45, 7) is -0.527. The summed E-state index contributed by atoms with van der Waals surface area (Å²) in [6.07, 6.45) is -0.695. The summed E-state index contributed by atoms with van der Waals surface area (Å²) >= 11 is 0. The fourth-order valence-electron chi connectivity index (χ4n) is 2.27. The van der Waals surface area contributed by atoms with E-state index < -0.39 is 30.6 Å². The Morgan fingerprint density at radius 2 is 1.63 bits per heavy atom. The summed E-state index contributed by atoms with van der Waals surface area (Å²) in [6, 6.07) is 14.1. The maximum absolute atomic E-state index is 12.2. The molecule has 8 nitrogen and oxygen atoms in total. The molecule has 142 valence electrons. The Hall–Kier alpha value is -3.55. The number of carboxylic acids is 1. The zero-order valence-corrected chi connectivity index (χ0v) is 14.4. The van der Waals surface area contributed by atoms with Crippen molar-refractivity contribution in [2.24, 2.45) is 0 Å². The van der Waals surface area contributed by atoms with Crippen molar-refractivity contribution in [1.29, 1.82) is 0 Å². The van der Waals surface area contributed by atoms with E-state index in [-0.39, 0.29) is 18.8 Å². The summed E-state index contributed by atoms with van der Waals surface area (Å²) < 4.78 is 5.10. The molecular weight excluding hydrogens is 352 g/mol. The minimum atomic E-state index is -1.20. The minimum absolute atomic E-state index is 0.0371. The number of carbonyl (C=O) groups excluding carboxylic acids is 2. The van der Waals surface area contributed by atoms with Gasteiger partial charge in [-0.1, -0.05) is 42.5 Å². The van der Waals surface area contributed by atoms with Crippen LogP contribution in [0.4, 0.5) is 4.79 Å². The van der Waals surface area contributed by atoms with Gasteiger partial charge >= 0.3 is 12.1 Å². The molecule has 2 rings (SSSR count). The van der Waals surface area contributed by atoms with E-state index in [4.69, 9.17) is 9.84 Å². The number of rotatable bonds is 8. The molecule has 0 radical (unpaired) electrons. The van der Waals surface area contributed by atoms with Crippen LogP contribution in [-0.4, -0.2) is 40.8 Å². The molecule has 0 saturated heterocycles. The fourth-order valence-corrected chi connectivity index (χ4v) is 2.27. The van der Waals surface area contributed by atoms with Gasteiger partial charge in [0.1, 0.15) is 24.9 Å². The lowest BCUT2D eigenvalue weighted by molar-refractivity contribution is -0.138. The number of ether oxygens (including phenoxy) is 1. The normalized spacial score (nSPS) is 11.3. The molecule has 0 unspecified atom stereocenters. The third-order valence-corrected chi connectivity index (χ3v) is 3.61. The first kappa shape index (κ1) is 19.8. The number of benzene rings is 2. The average Bonchev–Trinajstić information content (AvgIpc) is 2.66. The molecule has 1 atom stereocenters. The fraction of sp³-hybridized carbons (Fsp3) is 0.211. The molecule has 2 aromatic rings. The zero-order chi connectivity index (χ0) is 19.6. The van der Waals surface area contributed by atoms with Gasteiger partial charge in [-0.3, -0.25) is 9.59 Å². The Bertz CT molecular complexity index is 777. The Kier molecular flexibility index (Phi) is 7.18. The number of hydrogen-bond donors (Lipinski definition) is 4. The highest BCUT2D eigenvalue weighted by molar-refractivity contribution is 5.88. The number of alkyl carbamates (subject to hydrolysis) is 1. The number of amides is 2. The summed E-state index contributed by atoms with van der Waals surface area (Å²) in [4.78, 5) is 34.9. The van der Waals surface area contributed by atoms with Crippen molar-refractivity contribution < 1.29 is 29.3 Å². The predicted octanol–water partition coefficient (Wildman–Crippen LogP) is 1.43. The molecule has 0 fully saturated rings. The van der Waals surface area contributed by atoms with Crippen molar-refractivity contribution in [2.75, 3.05) is 6.54 Å². The van der Waals surface area contributed by atoms with E-state index in [2.05, 4.69) is 10.6 Å². The van der Waals surface area contributed by atoms with Crippen molar-refractivity contribution in [3.05, 3.63) is 65.7 Å².